The second-order valence-corrected chi connectivity index (χ2v) is 11.3. The number of aromatic nitrogens is 2. The van der Waals surface area contributed by atoms with Crippen molar-refractivity contribution >= 4 is 41.0 Å². The van der Waals surface area contributed by atoms with Gasteiger partial charge in [-0.3, -0.25) is 9.59 Å². The van der Waals surface area contributed by atoms with Crippen LogP contribution in [0.5, 0.6) is 0 Å². The summed E-state index contributed by atoms with van der Waals surface area (Å²) in [5.41, 5.74) is 8.79. The molecule has 1 aromatic heterocycles. The van der Waals surface area contributed by atoms with Gasteiger partial charge in [0, 0.05) is 61.3 Å². The van der Waals surface area contributed by atoms with E-state index >= 15 is 0 Å². The Morgan fingerprint density at radius 2 is 1.36 bits per heavy atom. The Morgan fingerprint density at radius 3 is 1.98 bits per heavy atom. The molecule has 3 aliphatic rings. The maximum absolute atomic E-state index is 13.0. The van der Waals surface area contributed by atoms with Crippen molar-refractivity contribution in [3.05, 3.63) is 60.2 Å². The number of benzene rings is 2. The van der Waals surface area contributed by atoms with Crippen molar-refractivity contribution < 1.29 is 23.9 Å². The van der Waals surface area contributed by atoms with Crippen molar-refractivity contribution in [2.24, 2.45) is 5.73 Å². The number of piperidine rings is 1. The molecule has 0 saturated carbocycles. The lowest BCUT2D eigenvalue weighted by Crippen LogP contribution is -2.50. The number of ether oxygens (including phenoxy) is 2. The van der Waals surface area contributed by atoms with E-state index in [1.165, 1.54) is 0 Å². The van der Waals surface area contributed by atoms with E-state index in [-0.39, 0.29) is 5.91 Å². The molecular weight excluding hydrogens is 576 g/mol. The fourth-order valence-electron chi connectivity index (χ4n) is 5.78. The molecule has 0 bridgehead atoms. The summed E-state index contributed by atoms with van der Waals surface area (Å²) in [5, 5.41) is 5.64. The van der Waals surface area contributed by atoms with Gasteiger partial charge in [-0.2, -0.15) is 4.98 Å². The van der Waals surface area contributed by atoms with Crippen LogP contribution in [0.3, 0.4) is 0 Å². The van der Waals surface area contributed by atoms with E-state index in [1.54, 1.807) is 29.2 Å². The minimum atomic E-state index is -0.589. The van der Waals surface area contributed by atoms with Gasteiger partial charge in [-0.15, -0.1) is 0 Å². The Hall–Kier alpha value is -4.75. The standard InChI is InChI=1S/C32H38N8O5/c33-29(41)27-3-1-2-12-40(27)30(42)23-6-10-25(11-7-23)35-32(43)34-24-8-4-22(5-9-24)26-21-28(38-13-17-44-18-14-38)37-31(36-26)39-15-19-45-20-16-39/h4-11,21,27H,1-3,12-20H2,(H2,33,41)(H2,34,35,43). The fraction of sp³-hybridized carbons (Fsp3) is 0.406. The topological polar surface area (TPSA) is 155 Å². The third-order valence-electron chi connectivity index (χ3n) is 8.25. The summed E-state index contributed by atoms with van der Waals surface area (Å²) < 4.78 is 11.1. The van der Waals surface area contributed by atoms with Crippen molar-refractivity contribution in [3.63, 3.8) is 0 Å². The molecule has 13 nitrogen and oxygen atoms in total. The normalized spacial score (nSPS) is 18.8. The Kier molecular flexibility index (Phi) is 9.36. The Balaban J connectivity index is 1.10. The van der Waals surface area contributed by atoms with E-state index < -0.39 is 18.0 Å². The van der Waals surface area contributed by atoms with Gasteiger partial charge in [0.15, 0.2) is 0 Å². The highest BCUT2D eigenvalue weighted by atomic mass is 16.5. The highest BCUT2D eigenvalue weighted by molar-refractivity contribution is 6.01. The minimum absolute atomic E-state index is 0.243. The molecule has 13 heteroatoms. The molecular formula is C32H38N8O5. The van der Waals surface area contributed by atoms with Gasteiger partial charge in [0.25, 0.3) is 5.91 Å². The van der Waals surface area contributed by atoms with Crippen LogP contribution in [0.4, 0.5) is 27.9 Å². The number of rotatable bonds is 7. The van der Waals surface area contributed by atoms with Gasteiger partial charge < -0.3 is 40.5 Å². The number of amides is 4. The van der Waals surface area contributed by atoms with Gasteiger partial charge in [0.2, 0.25) is 11.9 Å². The van der Waals surface area contributed by atoms with E-state index in [2.05, 4.69) is 20.4 Å². The summed E-state index contributed by atoms with van der Waals surface area (Å²) in [6.07, 6.45) is 2.27. The molecule has 3 aromatic rings. The number of nitrogens with one attached hydrogen (secondary N) is 2. The van der Waals surface area contributed by atoms with Crippen LogP contribution in [0, 0.1) is 0 Å². The number of anilines is 4. The lowest BCUT2D eigenvalue weighted by Gasteiger charge is -2.33. The first-order valence-corrected chi connectivity index (χ1v) is 15.4. The third-order valence-corrected chi connectivity index (χ3v) is 8.25. The second-order valence-electron chi connectivity index (χ2n) is 11.3. The van der Waals surface area contributed by atoms with Crippen molar-refractivity contribution in [2.45, 2.75) is 25.3 Å². The summed E-state index contributed by atoms with van der Waals surface area (Å²) in [5.74, 6) is 0.809. The maximum Gasteiger partial charge on any atom is 0.323 e. The molecule has 0 spiro atoms. The van der Waals surface area contributed by atoms with Crippen LogP contribution in [0.2, 0.25) is 0 Å². The molecule has 3 fully saturated rings. The molecule has 0 aliphatic carbocycles. The summed E-state index contributed by atoms with van der Waals surface area (Å²) in [4.78, 5) is 53.3. The first kappa shape index (κ1) is 30.3. The smallest absolute Gasteiger partial charge is 0.323 e. The lowest BCUT2D eigenvalue weighted by atomic mass is 10.0. The number of nitrogens with zero attached hydrogens (tertiary/aromatic N) is 5. The van der Waals surface area contributed by atoms with E-state index in [4.69, 9.17) is 25.2 Å². The highest BCUT2D eigenvalue weighted by Crippen LogP contribution is 2.27. The van der Waals surface area contributed by atoms with Crippen molar-refractivity contribution in [1.29, 1.82) is 0 Å². The average molecular weight is 615 g/mol. The molecule has 4 heterocycles. The lowest BCUT2D eigenvalue weighted by molar-refractivity contribution is -0.123. The number of primary amides is 1. The van der Waals surface area contributed by atoms with Gasteiger partial charge in [-0.1, -0.05) is 12.1 Å². The minimum Gasteiger partial charge on any atom is -0.378 e. The fourth-order valence-corrected chi connectivity index (χ4v) is 5.78. The van der Waals surface area contributed by atoms with Crippen molar-refractivity contribution in [3.8, 4) is 11.3 Å². The number of urea groups is 1. The van der Waals surface area contributed by atoms with Crippen LogP contribution in [-0.4, -0.2) is 97.9 Å². The largest absolute Gasteiger partial charge is 0.378 e. The van der Waals surface area contributed by atoms with Gasteiger partial charge in [0.1, 0.15) is 11.9 Å². The number of morpholine rings is 2. The Labute approximate surface area is 261 Å². The van der Waals surface area contributed by atoms with E-state index in [9.17, 15) is 14.4 Å². The first-order chi connectivity index (χ1) is 21.9. The third kappa shape index (κ3) is 7.32. The first-order valence-electron chi connectivity index (χ1n) is 15.4. The van der Waals surface area contributed by atoms with E-state index in [0.717, 1.165) is 56.1 Å². The zero-order valence-electron chi connectivity index (χ0n) is 25.1. The van der Waals surface area contributed by atoms with E-state index in [1.807, 2.05) is 30.3 Å². The summed E-state index contributed by atoms with van der Waals surface area (Å²) in [6, 6.07) is 15.1. The summed E-state index contributed by atoms with van der Waals surface area (Å²) >= 11 is 0. The number of likely N-dealkylation sites (tertiary alicyclic amines) is 1. The van der Waals surface area contributed by atoms with Crippen LogP contribution in [0.1, 0.15) is 29.6 Å². The molecule has 6 rings (SSSR count). The zero-order chi connectivity index (χ0) is 31.2. The number of carbonyl (C=O) groups excluding carboxylic acids is 3. The van der Waals surface area contributed by atoms with Crippen molar-refractivity contribution in [2.75, 3.05) is 79.6 Å². The van der Waals surface area contributed by atoms with E-state index in [0.29, 0.717) is 62.3 Å². The molecule has 2 aromatic carbocycles. The van der Waals surface area contributed by atoms with Crippen LogP contribution >= 0.6 is 0 Å². The molecule has 236 valence electrons. The van der Waals surface area contributed by atoms with Crippen molar-refractivity contribution in [1.82, 2.24) is 14.9 Å². The van der Waals surface area contributed by atoms with Gasteiger partial charge >= 0.3 is 6.03 Å². The Morgan fingerprint density at radius 1 is 0.756 bits per heavy atom. The molecule has 4 N–H and O–H groups in total. The quantitative estimate of drug-likeness (QED) is 0.364. The summed E-state index contributed by atoms with van der Waals surface area (Å²) in [6.45, 7) is 6.10. The zero-order valence-corrected chi connectivity index (χ0v) is 25.1. The SMILES string of the molecule is NC(=O)C1CCCCN1C(=O)c1ccc(NC(=O)Nc2ccc(-c3cc(N4CCOCC4)nc(N4CCOCC4)n3)cc2)cc1. The molecule has 45 heavy (non-hydrogen) atoms. The van der Waals surface area contributed by atoms with Crippen LogP contribution in [-0.2, 0) is 14.3 Å². The van der Waals surface area contributed by atoms with Gasteiger partial charge in [0.05, 0.1) is 32.1 Å². The predicted octanol–water partition coefficient (Wildman–Crippen LogP) is 2.94. The maximum atomic E-state index is 13.0. The van der Waals surface area contributed by atoms with Crippen LogP contribution in [0.15, 0.2) is 54.6 Å². The molecule has 0 radical (unpaired) electrons. The Bertz CT molecular complexity index is 1470. The monoisotopic (exact) mass is 614 g/mol. The number of hydrogen-bond donors (Lipinski definition) is 3. The van der Waals surface area contributed by atoms with Gasteiger partial charge in [-0.05, 0) is 55.7 Å². The molecule has 3 saturated heterocycles. The van der Waals surface area contributed by atoms with Crippen LogP contribution < -0.4 is 26.2 Å². The second kappa shape index (κ2) is 13.9. The molecule has 4 amide bonds. The average Bonchev–Trinajstić information content (AvgIpc) is 3.09. The number of nitrogens with two attached hydrogens (primary N) is 1. The highest BCUT2D eigenvalue weighted by Gasteiger charge is 2.31. The van der Waals surface area contributed by atoms with Crippen LogP contribution in [0.25, 0.3) is 11.3 Å². The molecule has 1 atom stereocenters. The predicted molar refractivity (Wildman–Crippen MR) is 170 cm³/mol. The summed E-state index contributed by atoms with van der Waals surface area (Å²) in [7, 11) is 0. The van der Waals surface area contributed by atoms with Gasteiger partial charge in [-0.25, -0.2) is 9.78 Å². The molecule has 3 aliphatic heterocycles. The number of hydrogen-bond acceptors (Lipinski definition) is 9. The number of carbonyl (C=O) groups is 3. The molecule has 1 unspecified atom stereocenters.